The van der Waals surface area contributed by atoms with Gasteiger partial charge >= 0.3 is 0 Å². The van der Waals surface area contributed by atoms with E-state index in [4.69, 9.17) is 0 Å². The van der Waals surface area contributed by atoms with Gasteiger partial charge in [0.1, 0.15) is 0 Å². The summed E-state index contributed by atoms with van der Waals surface area (Å²) >= 11 is 0. The normalized spacial score (nSPS) is 16.3. The molecule has 3 rings (SSSR count). The van der Waals surface area contributed by atoms with Crippen LogP contribution in [-0.2, 0) is 0 Å². The first-order valence-electron chi connectivity index (χ1n) is 4.84. The number of benzene rings is 2. The van der Waals surface area contributed by atoms with Crippen LogP contribution in [0.25, 0.3) is 10.8 Å². The Morgan fingerprint density at radius 3 is 2.85 bits per heavy atom. The Morgan fingerprint density at radius 1 is 1.15 bits per heavy atom. The molecule has 0 aromatic heterocycles. The second kappa shape index (κ2) is 2.59. The van der Waals surface area contributed by atoms with Crippen molar-refractivity contribution in [3.63, 3.8) is 0 Å². The van der Waals surface area contributed by atoms with Gasteiger partial charge in [-0.1, -0.05) is 36.4 Å². The van der Waals surface area contributed by atoms with Crippen LogP contribution in [0.3, 0.4) is 0 Å². The maximum absolute atomic E-state index is 3.34. The third-order valence-electron chi connectivity index (χ3n) is 2.73. The molecule has 1 aliphatic carbocycles. The van der Waals surface area contributed by atoms with E-state index in [2.05, 4.69) is 42.5 Å². The summed E-state index contributed by atoms with van der Waals surface area (Å²) in [6.07, 6.45) is 2.73. The molecule has 0 aliphatic heterocycles. The summed E-state index contributed by atoms with van der Waals surface area (Å²) in [5.41, 5.74) is 1.47. The molecule has 1 radical (unpaired) electrons. The molecule has 0 N–H and O–H groups in total. The Hall–Kier alpha value is -1.30. The lowest BCUT2D eigenvalue weighted by molar-refractivity contribution is 1.14. The zero-order valence-corrected chi connectivity index (χ0v) is 7.46. The number of rotatable bonds is 1. The van der Waals surface area contributed by atoms with Gasteiger partial charge in [0, 0.05) is 0 Å². The Morgan fingerprint density at radius 2 is 2.00 bits per heavy atom. The molecule has 63 valence electrons. The van der Waals surface area contributed by atoms with Crippen LogP contribution in [0.1, 0.15) is 24.3 Å². The molecule has 0 nitrogen and oxygen atoms in total. The highest BCUT2D eigenvalue weighted by Gasteiger charge is 2.23. The largest absolute Gasteiger partial charge is 0.0616 e. The standard InChI is InChI=1S/C13H11/c1-2-4-12-9-13(11-5-6-11)8-7-10(12)3-1/h1-4,8-9,11H,5-6H2. The molecular formula is C13H11. The fourth-order valence-corrected chi connectivity index (χ4v) is 1.79. The Kier molecular flexibility index (Phi) is 1.42. The molecule has 2 aromatic carbocycles. The van der Waals surface area contributed by atoms with Crippen molar-refractivity contribution < 1.29 is 0 Å². The lowest BCUT2D eigenvalue weighted by atomic mass is 10.0. The SMILES string of the molecule is [c]1cc(C2CC2)cc2ccccc12. The average Bonchev–Trinajstić information content (AvgIpc) is 3.00. The van der Waals surface area contributed by atoms with E-state index in [9.17, 15) is 0 Å². The van der Waals surface area contributed by atoms with E-state index in [0.717, 1.165) is 5.92 Å². The van der Waals surface area contributed by atoms with Crippen LogP contribution >= 0.6 is 0 Å². The van der Waals surface area contributed by atoms with Gasteiger partial charge in [-0.25, -0.2) is 0 Å². The van der Waals surface area contributed by atoms with Crippen molar-refractivity contribution in [2.75, 3.05) is 0 Å². The molecule has 0 heteroatoms. The highest BCUT2D eigenvalue weighted by molar-refractivity contribution is 5.82. The minimum Gasteiger partial charge on any atom is -0.0616 e. The third-order valence-corrected chi connectivity index (χ3v) is 2.73. The average molecular weight is 167 g/mol. The van der Waals surface area contributed by atoms with Gasteiger partial charge in [0.25, 0.3) is 0 Å². The van der Waals surface area contributed by atoms with Gasteiger partial charge in [-0.2, -0.15) is 0 Å². The number of fused-ring (bicyclic) bond motifs is 1. The second-order valence-corrected chi connectivity index (χ2v) is 3.79. The van der Waals surface area contributed by atoms with E-state index in [1.54, 1.807) is 0 Å². The highest BCUT2D eigenvalue weighted by atomic mass is 14.3. The van der Waals surface area contributed by atoms with Crippen molar-refractivity contribution in [3.05, 3.63) is 48.0 Å². The first-order valence-corrected chi connectivity index (χ1v) is 4.84. The van der Waals surface area contributed by atoms with Gasteiger partial charge in [-0.15, -0.1) is 0 Å². The number of hydrogen-bond acceptors (Lipinski definition) is 0. The van der Waals surface area contributed by atoms with Crippen LogP contribution < -0.4 is 0 Å². The van der Waals surface area contributed by atoms with Gasteiger partial charge in [0.05, 0.1) is 0 Å². The van der Waals surface area contributed by atoms with Crippen molar-refractivity contribution >= 4 is 10.8 Å². The van der Waals surface area contributed by atoms with Crippen molar-refractivity contribution in [3.8, 4) is 0 Å². The molecule has 1 saturated carbocycles. The monoisotopic (exact) mass is 167 g/mol. The topological polar surface area (TPSA) is 0 Å². The third kappa shape index (κ3) is 1.23. The van der Waals surface area contributed by atoms with Crippen molar-refractivity contribution in [1.82, 2.24) is 0 Å². The van der Waals surface area contributed by atoms with Crippen molar-refractivity contribution in [2.24, 2.45) is 0 Å². The summed E-state index contributed by atoms with van der Waals surface area (Å²) in [5.74, 6) is 0.834. The molecule has 1 aliphatic rings. The minimum atomic E-state index is 0.834. The molecule has 0 atom stereocenters. The summed E-state index contributed by atoms with van der Waals surface area (Å²) in [4.78, 5) is 0. The van der Waals surface area contributed by atoms with E-state index in [1.165, 1.54) is 29.2 Å². The van der Waals surface area contributed by atoms with E-state index < -0.39 is 0 Å². The van der Waals surface area contributed by atoms with E-state index >= 15 is 0 Å². The summed E-state index contributed by atoms with van der Waals surface area (Å²) in [6.45, 7) is 0. The smallest absolute Gasteiger partial charge is 0.00962 e. The zero-order chi connectivity index (χ0) is 8.67. The van der Waals surface area contributed by atoms with Gasteiger partial charge in [0.15, 0.2) is 0 Å². The fraction of sp³-hybridized carbons (Fsp3) is 0.231. The molecule has 0 amide bonds. The summed E-state index contributed by atoms with van der Waals surface area (Å²) in [7, 11) is 0. The maximum Gasteiger partial charge on any atom is -0.00962 e. The molecule has 0 bridgehead atoms. The van der Waals surface area contributed by atoms with E-state index in [0.29, 0.717) is 0 Å². The molecular weight excluding hydrogens is 156 g/mol. The minimum absolute atomic E-state index is 0.834. The van der Waals surface area contributed by atoms with Gasteiger partial charge in [-0.05, 0) is 41.2 Å². The predicted molar refractivity (Wildman–Crippen MR) is 54.8 cm³/mol. The lowest BCUT2D eigenvalue weighted by Gasteiger charge is -2.00. The molecule has 1 fully saturated rings. The summed E-state index contributed by atoms with van der Waals surface area (Å²) in [6, 6.07) is 16.2. The predicted octanol–water partition coefficient (Wildman–Crippen LogP) is 3.52. The Bertz CT molecular complexity index is 438. The van der Waals surface area contributed by atoms with Gasteiger partial charge in [-0.3, -0.25) is 0 Å². The zero-order valence-electron chi connectivity index (χ0n) is 7.46. The van der Waals surface area contributed by atoms with Crippen LogP contribution in [0, 0.1) is 6.07 Å². The van der Waals surface area contributed by atoms with Crippen LogP contribution in [0.5, 0.6) is 0 Å². The quantitative estimate of drug-likeness (QED) is 0.609. The second-order valence-electron chi connectivity index (χ2n) is 3.79. The number of hydrogen-bond donors (Lipinski definition) is 0. The lowest BCUT2D eigenvalue weighted by Crippen LogP contribution is -1.79. The molecule has 0 unspecified atom stereocenters. The maximum atomic E-state index is 3.34. The van der Waals surface area contributed by atoms with Crippen LogP contribution in [0.4, 0.5) is 0 Å². The van der Waals surface area contributed by atoms with Crippen LogP contribution in [0.15, 0.2) is 36.4 Å². The van der Waals surface area contributed by atoms with Gasteiger partial charge < -0.3 is 0 Å². The molecule has 2 aromatic rings. The first-order chi connectivity index (χ1) is 6.43. The molecule has 0 spiro atoms. The van der Waals surface area contributed by atoms with E-state index in [1.807, 2.05) is 0 Å². The highest BCUT2D eigenvalue weighted by Crippen LogP contribution is 2.40. The van der Waals surface area contributed by atoms with Gasteiger partial charge in [0.2, 0.25) is 0 Å². The Balaban J connectivity index is 2.21. The summed E-state index contributed by atoms with van der Waals surface area (Å²) in [5, 5.41) is 2.55. The van der Waals surface area contributed by atoms with Crippen molar-refractivity contribution in [1.29, 1.82) is 0 Å². The van der Waals surface area contributed by atoms with Crippen LogP contribution in [-0.4, -0.2) is 0 Å². The molecule has 0 heterocycles. The van der Waals surface area contributed by atoms with Crippen LogP contribution in [0.2, 0.25) is 0 Å². The first kappa shape index (κ1) is 7.14. The fourth-order valence-electron chi connectivity index (χ4n) is 1.79. The van der Waals surface area contributed by atoms with E-state index in [-0.39, 0.29) is 0 Å². The molecule has 0 saturated heterocycles. The summed E-state index contributed by atoms with van der Waals surface area (Å²) < 4.78 is 0. The molecule has 13 heavy (non-hydrogen) atoms. The Labute approximate surface area is 78.2 Å². The van der Waals surface area contributed by atoms with Crippen molar-refractivity contribution in [2.45, 2.75) is 18.8 Å².